The second-order valence-corrected chi connectivity index (χ2v) is 7.20. The van der Waals surface area contributed by atoms with Crippen molar-refractivity contribution in [2.45, 2.75) is 33.6 Å². The van der Waals surface area contributed by atoms with Crippen LogP contribution in [0.15, 0.2) is 17.9 Å². The van der Waals surface area contributed by atoms with Gasteiger partial charge in [0.15, 0.2) is 5.78 Å². The smallest absolute Gasteiger partial charge is 0.171 e. The largest absolute Gasteiger partial charge is 0.511 e. The lowest BCUT2D eigenvalue weighted by molar-refractivity contribution is -0.118. The summed E-state index contributed by atoms with van der Waals surface area (Å²) in [4.78, 5) is 13.0. The Bertz CT molecular complexity index is 736. The van der Waals surface area contributed by atoms with Gasteiger partial charge in [-0.05, 0) is 50.3 Å². The third-order valence-corrected chi connectivity index (χ3v) is 5.89. The van der Waals surface area contributed by atoms with Crippen LogP contribution in [0, 0.1) is 49.9 Å². The van der Waals surface area contributed by atoms with Crippen molar-refractivity contribution in [1.82, 2.24) is 0 Å². The zero-order chi connectivity index (χ0) is 15.8. The van der Waals surface area contributed by atoms with Crippen molar-refractivity contribution in [3.05, 3.63) is 40.1 Å². The highest BCUT2D eigenvalue weighted by molar-refractivity contribution is 6.27. The maximum atomic E-state index is 13.0. The maximum Gasteiger partial charge on any atom is 0.171 e. The molecule has 0 heterocycles. The lowest BCUT2D eigenvalue weighted by Crippen LogP contribution is -2.24. The molecule has 0 saturated heterocycles. The molecule has 4 atom stereocenters. The van der Waals surface area contributed by atoms with E-state index in [9.17, 15) is 9.90 Å². The molecule has 3 aliphatic carbocycles. The molecule has 2 bridgehead atoms. The van der Waals surface area contributed by atoms with Gasteiger partial charge in [0.05, 0.1) is 5.57 Å². The summed E-state index contributed by atoms with van der Waals surface area (Å²) in [5, 5.41) is 19.0. The minimum absolute atomic E-state index is 0.0632. The van der Waals surface area contributed by atoms with E-state index in [-0.39, 0.29) is 35.2 Å². The third-order valence-electron chi connectivity index (χ3n) is 5.89. The van der Waals surface area contributed by atoms with Crippen molar-refractivity contribution in [1.29, 1.82) is 5.41 Å². The van der Waals surface area contributed by atoms with Crippen LogP contribution in [0.3, 0.4) is 0 Å². The van der Waals surface area contributed by atoms with Crippen LogP contribution >= 0.6 is 0 Å². The SMILES string of the molecule is Cc1cc(C)c(C2=C(O)[C@H]3[C@@H](C2=O)[C@@H]2CC[C@H]3C2=N)c(C)c1. The Morgan fingerprint density at radius 1 is 1.05 bits per heavy atom. The molecule has 0 aliphatic heterocycles. The number of nitrogens with one attached hydrogen (secondary N) is 1. The molecule has 114 valence electrons. The number of rotatable bonds is 1. The Labute approximate surface area is 130 Å². The van der Waals surface area contributed by atoms with Gasteiger partial charge in [0.25, 0.3) is 0 Å². The molecular formula is C19H21NO2. The predicted molar refractivity (Wildman–Crippen MR) is 86.1 cm³/mol. The predicted octanol–water partition coefficient (Wildman–Crippen LogP) is 3.76. The summed E-state index contributed by atoms with van der Waals surface area (Å²) in [6, 6.07) is 4.14. The van der Waals surface area contributed by atoms with E-state index in [4.69, 9.17) is 5.41 Å². The van der Waals surface area contributed by atoms with Crippen molar-refractivity contribution in [3.8, 4) is 0 Å². The van der Waals surface area contributed by atoms with E-state index < -0.39 is 0 Å². The summed E-state index contributed by atoms with van der Waals surface area (Å²) < 4.78 is 0. The summed E-state index contributed by atoms with van der Waals surface area (Å²) in [5.74, 6) is 0.155. The second kappa shape index (κ2) is 4.31. The van der Waals surface area contributed by atoms with E-state index in [2.05, 4.69) is 12.1 Å². The average Bonchev–Trinajstić information content (AvgIpc) is 3.02. The van der Waals surface area contributed by atoms with E-state index in [0.29, 0.717) is 11.3 Å². The Morgan fingerprint density at radius 3 is 2.14 bits per heavy atom. The number of Topliss-reactive ketones (excluding diaryl/α,β-unsaturated/α-hetero) is 1. The highest BCUT2D eigenvalue weighted by Gasteiger charge is 2.60. The van der Waals surface area contributed by atoms with Gasteiger partial charge in [0.2, 0.25) is 0 Å². The van der Waals surface area contributed by atoms with E-state index in [1.165, 1.54) is 5.56 Å². The van der Waals surface area contributed by atoms with Gasteiger partial charge in [-0.1, -0.05) is 17.7 Å². The fourth-order valence-electron chi connectivity index (χ4n) is 5.18. The molecule has 4 rings (SSSR count). The lowest BCUT2D eigenvalue weighted by atomic mass is 9.80. The first-order chi connectivity index (χ1) is 10.4. The first kappa shape index (κ1) is 13.7. The summed E-state index contributed by atoms with van der Waals surface area (Å²) in [7, 11) is 0. The molecule has 2 fully saturated rings. The Kier molecular flexibility index (Phi) is 2.69. The first-order valence-corrected chi connectivity index (χ1v) is 8.05. The standard InChI is InChI=1S/C19H21NO2/c1-8-6-9(2)13(10(3)7-8)16-18(21)14-11-4-5-12(17(11)20)15(14)19(16)22/h6-7,11-12,14-15,20-21H,4-5H2,1-3H3/t11-,12+,14-,15+/m1/s1. The molecule has 0 unspecified atom stereocenters. The van der Waals surface area contributed by atoms with Crippen molar-refractivity contribution in [2.75, 3.05) is 0 Å². The summed E-state index contributed by atoms with van der Waals surface area (Å²) in [6.45, 7) is 6.06. The molecule has 3 aliphatic rings. The molecule has 2 saturated carbocycles. The minimum atomic E-state index is -0.179. The molecule has 1 aromatic rings. The average molecular weight is 295 g/mol. The molecule has 0 spiro atoms. The van der Waals surface area contributed by atoms with Gasteiger partial charge in [-0.25, -0.2) is 0 Å². The molecule has 0 amide bonds. The number of benzene rings is 1. The van der Waals surface area contributed by atoms with Gasteiger partial charge in [0.1, 0.15) is 5.76 Å². The molecule has 22 heavy (non-hydrogen) atoms. The van der Waals surface area contributed by atoms with Crippen LogP contribution < -0.4 is 0 Å². The number of aliphatic hydroxyl groups excluding tert-OH is 1. The molecule has 3 heteroatoms. The topological polar surface area (TPSA) is 61.1 Å². The minimum Gasteiger partial charge on any atom is -0.511 e. The Balaban J connectivity index is 1.89. The van der Waals surface area contributed by atoms with Crippen molar-refractivity contribution in [3.63, 3.8) is 0 Å². The number of carbonyl (C=O) groups is 1. The number of hydrogen-bond donors (Lipinski definition) is 2. The van der Waals surface area contributed by atoms with E-state index in [1.54, 1.807) is 0 Å². The molecule has 2 N–H and O–H groups in total. The third kappa shape index (κ3) is 1.52. The number of hydrogen-bond acceptors (Lipinski definition) is 3. The number of fused-ring (bicyclic) bond motifs is 5. The zero-order valence-corrected chi connectivity index (χ0v) is 13.2. The van der Waals surface area contributed by atoms with Gasteiger partial charge >= 0.3 is 0 Å². The number of ketones is 1. The van der Waals surface area contributed by atoms with Crippen LogP contribution in [0.1, 0.15) is 35.1 Å². The van der Waals surface area contributed by atoms with E-state index in [0.717, 1.165) is 29.5 Å². The summed E-state index contributed by atoms with van der Waals surface area (Å²) in [5.41, 5.74) is 5.42. The quantitative estimate of drug-likeness (QED) is 0.828. The van der Waals surface area contributed by atoms with Crippen molar-refractivity contribution < 1.29 is 9.90 Å². The molecule has 1 aromatic carbocycles. The van der Waals surface area contributed by atoms with Crippen LogP contribution in [-0.4, -0.2) is 16.6 Å². The number of aryl methyl sites for hydroxylation is 3. The van der Waals surface area contributed by atoms with E-state index >= 15 is 0 Å². The molecular weight excluding hydrogens is 274 g/mol. The Morgan fingerprint density at radius 2 is 1.59 bits per heavy atom. The van der Waals surface area contributed by atoms with Gasteiger partial charge in [-0.2, -0.15) is 0 Å². The monoisotopic (exact) mass is 295 g/mol. The van der Waals surface area contributed by atoms with Crippen LogP contribution in [0.4, 0.5) is 0 Å². The van der Waals surface area contributed by atoms with Gasteiger partial charge in [-0.15, -0.1) is 0 Å². The number of carbonyl (C=O) groups excluding carboxylic acids is 1. The molecule has 3 nitrogen and oxygen atoms in total. The highest BCUT2D eigenvalue weighted by atomic mass is 16.3. The molecule has 0 aromatic heterocycles. The van der Waals surface area contributed by atoms with Crippen LogP contribution in [-0.2, 0) is 4.79 Å². The fraction of sp³-hybridized carbons (Fsp3) is 0.474. The highest BCUT2D eigenvalue weighted by Crippen LogP contribution is 2.58. The second-order valence-electron chi connectivity index (χ2n) is 7.20. The van der Waals surface area contributed by atoms with Gasteiger partial charge in [-0.3, -0.25) is 4.79 Å². The summed E-state index contributed by atoms with van der Waals surface area (Å²) in [6.07, 6.45) is 1.88. The zero-order valence-electron chi connectivity index (χ0n) is 13.2. The van der Waals surface area contributed by atoms with Crippen molar-refractivity contribution in [2.24, 2.45) is 23.7 Å². The normalized spacial score (nSPS) is 33.0. The number of aliphatic hydroxyl groups is 1. The van der Waals surface area contributed by atoms with Crippen molar-refractivity contribution >= 4 is 17.1 Å². The van der Waals surface area contributed by atoms with Gasteiger partial charge in [0, 0.05) is 29.4 Å². The maximum absolute atomic E-state index is 13.0. The number of allylic oxidation sites excluding steroid dienone is 2. The van der Waals surface area contributed by atoms with Crippen LogP contribution in [0.25, 0.3) is 5.57 Å². The van der Waals surface area contributed by atoms with Crippen LogP contribution in [0.5, 0.6) is 0 Å². The fourth-order valence-corrected chi connectivity index (χ4v) is 5.18. The van der Waals surface area contributed by atoms with Gasteiger partial charge < -0.3 is 10.5 Å². The van der Waals surface area contributed by atoms with E-state index in [1.807, 2.05) is 20.8 Å². The summed E-state index contributed by atoms with van der Waals surface area (Å²) >= 11 is 0. The first-order valence-electron chi connectivity index (χ1n) is 8.05. The Hall–Kier alpha value is -1.90. The van der Waals surface area contributed by atoms with Crippen LogP contribution in [0.2, 0.25) is 0 Å². The lowest BCUT2D eigenvalue weighted by Gasteiger charge is -2.22. The molecule has 0 radical (unpaired) electrons.